The van der Waals surface area contributed by atoms with Gasteiger partial charge in [-0.15, -0.1) is 0 Å². The van der Waals surface area contributed by atoms with Gasteiger partial charge in [0.15, 0.2) is 5.78 Å². The lowest BCUT2D eigenvalue weighted by molar-refractivity contribution is 0.0742. The maximum absolute atomic E-state index is 14.4. The summed E-state index contributed by atoms with van der Waals surface area (Å²) in [6.45, 7) is 6.90. The first-order valence-corrected chi connectivity index (χ1v) is 8.93. The van der Waals surface area contributed by atoms with Gasteiger partial charge in [0, 0.05) is 31.7 Å². The summed E-state index contributed by atoms with van der Waals surface area (Å²) in [6, 6.07) is 7.94. The smallest absolute Gasteiger partial charge is 0.258 e. The van der Waals surface area contributed by atoms with Crippen LogP contribution < -0.4 is 4.90 Å². The zero-order valence-electron chi connectivity index (χ0n) is 15.8. The average molecular weight is 370 g/mol. The predicted molar refractivity (Wildman–Crippen MR) is 102 cm³/mol. The van der Waals surface area contributed by atoms with Crippen molar-refractivity contribution in [3.05, 3.63) is 58.4 Å². The number of Topliss-reactive ketones (excluding diaryl/α,β-unsaturated/α-hetero) is 1. The van der Waals surface area contributed by atoms with Gasteiger partial charge in [0.1, 0.15) is 11.6 Å². The van der Waals surface area contributed by atoms with E-state index in [1.165, 1.54) is 13.0 Å². The summed E-state index contributed by atoms with van der Waals surface area (Å²) >= 11 is 0. The Hall–Kier alpha value is -2.89. The van der Waals surface area contributed by atoms with Gasteiger partial charge < -0.3 is 14.9 Å². The molecule has 1 aliphatic heterocycles. The van der Waals surface area contributed by atoms with E-state index in [4.69, 9.17) is 0 Å². The highest BCUT2D eigenvalue weighted by atomic mass is 19.1. The molecule has 1 N–H and O–H groups in total. The molecule has 1 amide bonds. The minimum absolute atomic E-state index is 0.00852. The van der Waals surface area contributed by atoms with Crippen LogP contribution in [0.1, 0.15) is 38.8 Å². The normalized spacial score (nSPS) is 14.4. The number of anilines is 1. The molecule has 3 rings (SSSR count). The summed E-state index contributed by atoms with van der Waals surface area (Å²) < 4.78 is 14.4. The fourth-order valence-corrected chi connectivity index (χ4v) is 3.51. The third-order valence-electron chi connectivity index (χ3n) is 4.93. The molecule has 1 heterocycles. The number of benzene rings is 2. The Kier molecular flexibility index (Phi) is 5.17. The maximum atomic E-state index is 14.4. The number of nitrogens with zero attached hydrogens (tertiary/aromatic N) is 2. The number of carbonyl (C=O) groups is 2. The van der Waals surface area contributed by atoms with Crippen molar-refractivity contribution in [3.8, 4) is 5.75 Å². The van der Waals surface area contributed by atoms with E-state index in [1.54, 1.807) is 23.1 Å². The van der Waals surface area contributed by atoms with Crippen molar-refractivity contribution >= 4 is 17.4 Å². The molecule has 6 heteroatoms. The van der Waals surface area contributed by atoms with E-state index < -0.39 is 5.82 Å². The first kappa shape index (κ1) is 18.9. The quantitative estimate of drug-likeness (QED) is 0.842. The standard InChI is InChI=1S/C21H23FN2O3/c1-13-10-14(2)20(19(26)11-13)21(27)24-8-6-23(7-9-24)18-5-4-16(15(3)25)12-17(18)22/h4-5,10-12,26H,6-9H2,1-3H3. The van der Waals surface area contributed by atoms with Gasteiger partial charge >= 0.3 is 0 Å². The van der Waals surface area contributed by atoms with Crippen LogP contribution >= 0.6 is 0 Å². The molecule has 1 fully saturated rings. The third-order valence-corrected chi connectivity index (χ3v) is 4.93. The first-order valence-electron chi connectivity index (χ1n) is 8.93. The molecule has 2 aromatic rings. The van der Waals surface area contributed by atoms with Crippen molar-refractivity contribution in [3.63, 3.8) is 0 Å². The minimum atomic E-state index is -0.436. The van der Waals surface area contributed by atoms with E-state index in [0.717, 1.165) is 11.1 Å². The van der Waals surface area contributed by atoms with Gasteiger partial charge in [-0.1, -0.05) is 6.07 Å². The molecule has 0 bridgehead atoms. The number of aromatic hydroxyl groups is 1. The molecule has 0 unspecified atom stereocenters. The molecule has 27 heavy (non-hydrogen) atoms. The van der Waals surface area contributed by atoms with Crippen LogP contribution in [0, 0.1) is 19.7 Å². The maximum Gasteiger partial charge on any atom is 0.258 e. The molecule has 0 aliphatic carbocycles. The average Bonchev–Trinajstić information content (AvgIpc) is 2.60. The number of rotatable bonds is 3. The molecule has 0 aromatic heterocycles. The van der Waals surface area contributed by atoms with Gasteiger partial charge in [-0.05, 0) is 56.2 Å². The van der Waals surface area contributed by atoms with Crippen LogP contribution in [0.15, 0.2) is 30.3 Å². The molecule has 0 atom stereocenters. The number of hydrogen-bond acceptors (Lipinski definition) is 4. The van der Waals surface area contributed by atoms with Crippen molar-refractivity contribution in [2.75, 3.05) is 31.1 Å². The van der Waals surface area contributed by atoms with Crippen molar-refractivity contribution < 1.29 is 19.1 Å². The van der Waals surface area contributed by atoms with E-state index in [9.17, 15) is 19.1 Å². The molecule has 0 spiro atoms. The fraction of sp³-hybridized carbons (Fsp3) is 0.333. The summed E-state index contributed by atoms with van der Waals surface area (Å²) in [5.74, 6) is -0.832. The van der Waals surface area contributed by atoms with Crippen LogP contribution in [0.3, 0.4) is 0 Å². The van der Waals surface area contributed by atoms with Crippen molar-refractivity contribution in [2.45, 2.75) is 20.8 Å². The van der Waals surface area contributed by atoms with E-state index in [-0.39, 0.29) is 17.4 Å². The van der Waals surface area contributed by atoms with Gasteiger partial charge in [0.05, 0.1) is 11.3 Å². The van der Waals surface area contributed by atoms with Crippen LogP contribution in [0.2, 0.25) is 0 Å². The number of aryl methyl sites for hydroxylation is 2. The Bertz CT molecular complexity index is 879. The lowest BCUT2D eigenvalue weighted by Gasteiger charge is -2.36. The van der Waals surface area contributed by atoms with Gasteiger partial charge in [-0.2, -0.15) is 0 Å². The molecule has 2 aromatic carbocycles. The van der Waals surface area contributed by atoms with E-state index >= 15 is 0 Å². The predicted octanol–water partition coefficient (Wildman–Crippen LogP) is 3.31. The van der Waals surface area contributed by atoms with Gasteiger partial charge in [-0.3, -0.25) is 9.59 Å². The summed E-state index contributed by atoms with van der Waals surface area (Å²) in [5, 5.41) is 10.2. The Morgan fingerprint density at radius 1 is 1.04 bits per heavy atom. The topological polar surface area (TPSA) is 60.9 Å². The molecule has 0 saturated carbocycles. The van der Waals surface area contributed by atoms with E-state index in [0.29, 0.717) is 43.0 Å². The number of carbonyl (C=O) groups excluding carboxylic acids is 2. The second kappa shape index (κ2) is 7.39. The fourth-order valence-electron chi connectivity index (χ4n) is 3.51. The molecular formula is C21H23FN2O3. The van der Waals surface area contributed by atoms with E-state index in [2.05, 4.69) is 0 Å². The molecule has 0 radical (unpaired) electrons. The lowest BCUT2D eigenvalue weighted by atomic mass is 10.0. The van der Waals surface area contributed by atoms with Crippen LogP contribution in [-0.2, 0) is 0 Å². The SMILES string of the molecule is CC(=O)c1ccc(N2CCN(C(=O)c3c(C)cc(C)cc3O)CC2)c(F)c1. The summed E-state index contributed by atoms with van der Waals surface area (Å²) in [7, 11) is 0. The summed E-state index contributed by atoms with van der Waals surface area (Å²) in [4.78, 5) is 27.7. The number of ketones is 1. The molecular weight excluding hydrogens is 347 g/mol. The Balaban J connectivity index is 1.72. The van der Waals surface area contributed by atoms with Gasteiger partial charge in [0.2, 0.25) is 0 Å². The largest absolute Gasteiger partial charge is 0.507 e. The second-order valence-electron chi connectivity index (χ2n) is 6.98. The molecule has 1 saturated heterocycles. The Labute approximate surface area is 158 Å². The van der Waals surface area contributed by atoms with Gasteiger partial charge in [-0.25, -0.2) is 4.39 Å². The van der Waals surface area contributed by atoms with Crippen LogP contribution in [0.5, 0.6) is 5.75 Å². The molecule has 5 nitrogen and oxygen atoms in total. The van der Waals surface area contributed by atoms with Crippen LogP contribution in [-0.4, -0.2) is 47.9 Å². The zero-order chi connectivity index (χ0) is 19.7. The minimum Gasteiger partial charge on any atom is -0.507 e. The number of halogens is 1. The lowest BCUT2D eigenvalue weighted by Crippen LogP contribution is -2.49. The van der Waals surface area contributed by atoms with Gasteiger partial charge in [0.25, 0.3) is 5.91 Å². The summed E-state index contributed by atoms with van der Waals surface area (Å²) in [6.07, 6.45) is 0. The number of hydrogen-bond donors (Lipinski definition) is 1. The highest BCUT2D eigenvalue weighted by molar-refractivity contribution is 5.98. The number of piperazine rings is 1. The number of phenolic OH excluding ortho intramolecular Hbond substituents is 1. The van der Waals surface area contributed by atoms with E-state index in [1.807, 2.05) is 24.8 Å². The Morgan fingerprint density at radius 3 is 2.26 bits per heavy atom. The number of phenols is 1. The molecule has 142 valence electrons. The number of amides is 1. The van der Waals surface area contributed by atoms with Crippen molar-refractivity contribution in [2.24, 2.45) is 0 Å². The van der Waals surface area contributed by atoms with Crippen molar-refractivity contribution in [1.82, 2.24) is 4.90 Å². The third kappa shape index (κ3) is 3.79. The summed E-state index contributed by atoms with van der Waals surface area (Å²) in [5.41, 5.74) is 2.74. The molecule has 1 aliphatic rings. The van der Waals surface area contributed by atoms with Crippen LogP contribution in [0.25, 0.3) is 0 Å². The second-order valence-corrected chi connectivity index (χ2v) is 6.98. The highest BCUT2D eigenvalue weighted by Gasteiger charge is 2.26. The first-order chi connectivity index (χ1) is 12.8. The monoisotopic (exact) mass is 370 g/mol. The van der Waals surface area contributed by atoms with Crippen LogP contribution in [0.4, 0.5) is 10.1 Å². The highest BCUT2D eigenvalue weighted by Crippen LogP contribution is 2.26. The zero-order valence-corrected chi connectivity index (χ0v) is 15.8. The van der Waals surface area contributed by atoms with Crippen molar-refractivity contribution in [1.29, 1.82) is 0 Å². The Morgan fingerprint density at radius 2 is 1.70 bits per heavy atom.